The Labute approximate surface area is 202 Å². The number of carbonyl (C=O) groups excluding carboxylic acids is 4. The standard InChI is InChI=1S/C22H31N3O10/c1-15(34-21(28)8-4-10-23)16-13-18(32-3)19(14-17(16)25(30)31)33-12-6-9-22(29)35-24(2)20(27)7-5-11-26/h11,13-15H,4-10,12,23H2,1-3H3. The van der Waals surface area contributed by atoms with E-state index >= 15 is 0 Å². The minimum absolute atomic E-state index is 0.00556. The zero-order valence-corrected chi connectivity index (χ0v) is 20.0. The number of methoxy groups -OCH3 is 1. The molecule has 1 atom stereocenters. The molecule has 1 amide bonds. The maximum absolute atomic E-state index is 11.9. The molecule has 1 rings (SSSR count). The number of nitrogens with two attached hydrogens (primary N) is 1. The molecule has 0 bridgehead atoms. The predicted molar refractivity (Wildman–Crippen MR) is 121 cm³/mol. The van der Waals surface area contributed by atoms with Crippen LogP contribution in [0.1, 0.15) is 57.1 Å². The fourth-order valence-electron chi connectivity index (χ4n) is 2.87. The average Bonchev–Trinajstić information content (AvgIpc) is 2.82. The molecule has 2 N–H and O–H groups in total. The van der Waals surface area contributed by atoms with Crippen LogP contribution in [0.5, 0.6) is 11.5 Å². The maximum Gasteiger partial charge on any atom is 0.332 e. The summed E-state index contributed by atoms with van der Waals surface area (Å²) >= 11 is 0. The summed E-state index contributed by atoms with van der Waals surface area (Å²) in [6.45, 7) is 1.82. The van der Waals surface area contributed by atoms with Gasteiger partial charge < -0.3 is 29.6 Å². The van der Waals surface area contributed by atoms with Gasteiger partial charge in [0.15, 0.2) is 11.5 Å². The van der Waals surface area contributed by atoms with Gasteiger partial charge in [0.1, 0.15) is 12.4 Å². The molecule has 13 nitrogen and oxygen atoms in total. The fraction of sp³-hybridized carbons (Fsp3) is 0.545. The maximum atomic E-state index is 11.9. The Morgan fingerprint density at radius 3 is 2.43 bits per heavy atom. The summed E-state index contributed by atoms with van der Waals surface area (Å²) in [7, 11) is 2.62. The molecule has 1 aromatic rings. The number of aldehydes is 1. The lowest BCUT2D eigenvalue weighted by molar-refractivity contribution is -0.386. The van der Waals surface area contributed by atoms with Gasteiger partial charge in [0.25, 0.3) is 11.6 Å². The molecule has 0 heterocycles. The molecule has 0 saturated heterocycles. The molecule has 13 heteroatoms. The number of rotatable bonds is 15. The quantitative estimate of drug-likeness (QED) is 0.123. The van der Waals surface area contributed by atoms with Gasteiger partial charge in [0.2, 0.25) is 0 Å². The number of esters is 1. The van der Waals surface area contributed by atoms with Gasteiger partial charge >= 0.3 is 11.9 Å². The Kier molecular flexibility index (Phi) is 12.7. The molecule has 0 radical (unpaired) electrons. The summed E-state index contributed by atoms with van der Waals surface area (Å²) in [5.74, 6) is -1.48. The van der Waals surface area contributed by atoms with E-state index in [1.165, 1.54) is 27.1 Å². The van der Waals surface area contributed by atoms with Crippen LogP contribution in [0.2, 0.25) is 0 Å². The molecule has 1 aromatic carbocycles. The minimum Gasteiger partial charge on any atom is -0.493 e. The first kappa shape index (κ1) is 29.3. The molecule has 0 aliphatic rings. The van der Waals surface area contributed by atoms with E-state index < -0.39 is 28.9 Å². The lowest BCUT2D eigenvalue weighted by Gasteiger charge is -2.17. The van der Waals surface area contributed by atoms with Crippen molar-refractivity contribution in [1.82, 2.24) is 5.06 Å². The van der Waals surface area contributed by atoms with E-state index in [2.05, 4.69) is 0 Å². The first-order valence-corrected chi connectivity index (χ1v) is 10.9. The Morgan fingerprint density at radius 1 is 1.14 bits per heavy atom. The highest BCUT2D eigenvalue weighted by atomic mass is 16.7. The zero-order valence-electron chi connectivity index (χ0n) is 20.0. The first-order chi connectivity index (χ1) is 16.6. The van der Waals surface area contributed by atoms with Crippen molar-refractivity contribution in [2.75, 3.05) is 27.3 Å². The predicted octanol–water partition coefficient (Wildman–Crippen LogP) is 2.00. The highest BCUT2D eigenvalue weighted by Crippen LogP contribution is 2.38. The topological polar surface area (TPSA) is 178 Å². The largest absolute Gasteiger partial charge is 0.493 e. The van der Waals surface area contributed by atoms with Crippen molar-refractivity contribution in [3.05, 3.63) is 27.8 Å². The van der Waals surface area contributed by atoms with E-state index in [1.54, 1.807) is 0 Å². The summed E-state index contributed by atoms with van der Waals surface area (Å²) < 4.78 is 16.1. The van der Waals surface area contributed by atoms with Gasteiger partial charge in [0.05, 0.1) is 36.7 Å². The third kappa shape index (κ3) is 9.96. The third-order valence-electron chi connectivity index (χ3n) is 4.69. The molecule has 0 aliphatic carbocycles. The summed E-state index contributed by atoms with van der Waals surface area (Å²) in [5.41, 5.74) is 5.18. The van der Waals surface area contributed by atoms with Gasteiger partial charge in [-0.15, -0.1) is 0 Å². The monoisotopic (exact) mass is 497 g/mol. The second-order valence-corrected chi connectivity index (χ2v) is 7.36. The van der Waals surface area contributed by atoms with E-state index in [9.17, 15) is 29.3 Å². The molecule has 0 fully saturated rings. The molecule has 1 unspecified atom stereocenters. The smallest absolute Gasteiger partial charge is 0.332 e. The Balaban J connectivity index is 2.77. The van der Waals surface area contributed by atoms with Gasteiger partial charge in [-0.05, 0) is 32.4 Å². The third-order valence-corrected chi connectivity index (χ3v) is 4.69. The molecule has 0 aliphatic heterocycles. The molecule has 35 heavy (non-hydrogen) atoms. The number of hydrogen-bond donors (Lipinski definition) is 1. The van der Waals surface area contributed by atoms with Crippen LogP contribution in [0.25, 0.3) is 0 Å². The lowest BCUT2D eigenvalue weighted by atomic mass is 10.1. The molecule has 0 saturated carbocycles. The molecular weight excluding hydrogens is 466 g/mol. The number of nitrogens with zero attached hydrogens (tertiary/aromatic N) is 2. The summed E-state index contributed by atoms with van der Waals surface area (Å²) in [6.07, 6.45) is 0.249. The number of amides is 1. The van der Waals surface area contributed by atoms with E-state index in [0.29, 0.717) is 19.3 Å². The minimum atomic E-state index is -0.912. The van der Waals surface area contributed by atoms with Crippen molar-refractivity contribution in [3.63, 3.8) is 0 Å². The van der Waals surface area contributed by atoms with Gasteiger partial charge in [-0.2, -0.15) is 5.06 Å². The van der Waals surface area contributed by atoms with Gasteiger partial charge in [-0.3, -0.25) is 19.7 Å². The van der Waals surface area contributed by atoms with E-state index in [1.807, 2.05) is 0 Å². The zero-order chi connectivity index (χ0) is 26.4. The van der Waals surface area contributed by atoms with Crippen molar-refractivity contribution in [2.24, 2.45) is 5.73 Å². The van der Waals surface area contributed by atoms with E-state index in [-0.39, 0.29) is 61.5 Å². The fourth-order valence-corrected chi connectivity index (χ4v) is 2.87. The molecular formula is C22H31N3O10. The van der Waals surface area contributed by atoms with Crippen LogP contribution in [0.3, 0.4) is 0 Å². The number of hydrogen-bond acceptors (Lipinski definition) is 11. The first-order valence-electron chi connectivity index (χ1n) is 10.9. The van der Waals surface area contributed by atoms with Crippen molar-refractivity contribution < 1.29 is 43.1 Å². The summed E-state index contributed by atoms with van der Waals surface area (Å²) in [5, 5.41) is 12.4. The van der Waals surface area contributed by atoms with Crippen molar-refractivity contribution in [3.8, 4) is 11.5 Å². The van der Waals surface area contributed by atoms with Crippen LogP contribution in [0.15, 0.2) is 12.1 Å². The van der Waals surface area contributed by atoms with Crippen LogP contribution in [0, 0.1) is 10.1 Å². The van der Waals surface area contributed by atoms with Crippen LogP contribution in [-0.4, -0.2) is 61.4 Å². The average molecular weight is 498 g/mol. The second kappa shape index (κ2) is 15.2. The summed E-state index contributed by atoms with van der Waals surface area (Å²) in [4.78, 5) is 61.6. The number of nitro benzene ring substituents is 1. The van der Waals surface area contributed by atoms with Crippen molar-refractivity contribution in [2.45, 2.75) is 51.6 Å². The summed E-state index contributed by atoms with van der Waals surface area (Å²) in [6, 6.07) is 2.53. The molecule has 0 aromatic heterocycles. The Hall–Kier alpha value is -3.74. The Morgan fingerprint density at radius 2 is 1.83 bits per heavy atom. The van der Waals surface area contributed by atoms with Crippen LogP contribution >= 0.6 is 0 Å². The molecule has 194 valence electrons. The highest BCUT2D eigenvalue weighted by molar-refractivity contribution is 5.79. The van der Waals surface area contributed by atoms with Crippen LogP contribution < -0.4 is 15.2 Å². The van der Waals surface area contributed by atoms with Gasteiger partial charge in [-0.1, -0.05) is 0 Å². The number of ether oxygens (including phenoxy) is 3. The number of nitro groups is 1. The normalized spacial score (nSPS) is 11.2. The van der Waals surface area contributed by atoms with E-state index in [0.717, 1.165) is 11.1 Å². The Bertz CT molecular complexity index is 906. The van der Waals surface area contributed by atoms with Gasteiger partial charge in [0, 0.05) is 26.3 Å². The highest BCUT2D eigenvalue weighted by Gasteiger charge is 2.26. The van der Waals surface area contributed by atoms with E-state index in [4.69, 9.17) is 24.8 Å². The molecule has 0 spiro atoms. The second-order valence-electron chi connectivity index (χ2n) is 7.36. The number of carbonyl (C=O) groups is 4. The van der Waals surface area contributed by atoms with Crippen molar-refractivity contribution >= 4 is 29.8 Å². The van der Waals surface area contributed by atoms with Crippen LogP contribution in [0.4, 0.5) is 5.69 Å². The SMILES string of the molecule is COc1cc(C(C)OC(=O)CCCN)c([N+](=O)[O-])cc1OCCCC(=O)ON(C)C(=O)CCC=O. The lowest BCUT2D eigenvalue weighted by Crippen LogP contribution is -2.29. The van der Waals surface area contributed by atoms with Crippen molar-refractivity contribution in [1.29, 1.82) is 0 Å². The van der Waals surface area contributed by atoms with Crippen LogP contribution in [-0.2, 0) is 28.8 Å². The number of benzene rings is 1. The number of hydroxylamine groups is 2. The van der Waals surface area contributed by atoms with Gasteiger partial charge in [-0.25, -0.2) is 4.79 Å².